The molecular weight excluding hydrogens is 232 g/mol. The van der Waals surface area contributed by atoms with Crippen LogP contribution in [0.1, 0.15) is 11.1 Å². The zero-order valence-electron chi connectivity index (χ0n) is 10.3. The van der Waals surface area contributed by atoms with Crippen LogP contribution in [0.3, 0.4) is 0 Å². The van der Waals surface area contributed by atoms with Gasteiger partial charge in [0, 0.05) is 17.5 Å². The van der Waals surface area contributed by atoms with Gasteiger partial charge in [0.2, 0.25) is 5.88 Å². The maximum absolute atomic E-state index is 5.81. The van der Waals surface area contributed by atoms with Gasteiger partial charge in [-0.3, -0.25) is 0 Å². The molecule has 0 fully saturated rings. The number of fused-ring (bicyclic) bond motifs is 1. The Hall–Kier alpha value is -2.17. The number of nitrogen functional groups attached to an aromatic ring is 1. The summed E-state index contributed by atoms with van der Waals surface area (Å²) in [6, 6.07) is 1.99. The van der Waals surface area contributed by atoms with Crippen LogP contribution < -0.4 is 15.2 Å². The van der Waals surface area contributed by atoms with E-state index >= 15 is 0 Å². The molecule has 0 unspecified atom stereocenters. The summed E-state index contributed by atoms with van der Waals surface area (Å²) in [6.45, 7) is 2.66. The van der Waals surface area contributed by atoms with Gasteiger partial charge in [-0.2, -0.15) is 0 Å². The quantitative estimate of drug-likeness (QED) is 0.879. The molecule has 1 aromatic carbocycles. The smallest absolute Gasteiger partial charge is 0.230 e. The first kappa shape index (κ1) is 11.0. The Balaban J connectivity index is 2.33. The van der Waals surface area contributed by atoms with E-state index in [0.29, 0.717) is 12.5 Å². The molecule has 18 heavy (non-hydrogen) atoms. The first-order valence-electron chi connectivity index (χ1n) is 5.76. The maximum atomic E-state index is 5.81. The van der Waals surface area contributed by atoms with Crippen molar-refractivity contribution in [3.05, 3.63) is 23.4 Å². The average Bonchev–Trinajstić information content (AvgIpc) is 2.96. The highest BCUT2D eigenvalue weighted by Gasteiger charge is 2.25. The van der Waals surface area contributed by atoms with Gasteiger partial charge in [-0.05, 0) is 18.6 Å². The molecule has 3 rings (SSSR count). The standard InChI is InChI=1S/C13H14N2O3/c1-7-5-10-8(3-4-17-10)11(12(7)16-2)9-6-15-18-13(9)14/h5-6H,3-4,14H2,1-2H3. The van der Waals surface area contributed by atoms with Crippen LogP contribution >= 0.6 is 0 Å². The lowest BCUT2D eigenvalue weighted by Crippen LogP contribution is -1.96. The number of aromatic nitrogens is 1. The van der Waals surface area contributed by atoms with E-state index in [9.17, 15) is 0 Å². The number of ether oxygens (including phenoxy) is 2. The summed E-state index contributed by atoms with van der Waals surface area (Å²) in [5.41, 5.74) is 9.62. The van der Waals surface area contributed by atoms with Crippen LogP contribution in [0.25, 0.3) is 11.1 Å². The van der Waals surface area contributed by atoms with E-state index in [2.05, 4.69) is 5.16 Å². The zero-order valence-corrected chi connectivity index (χ0v) is 10.3. The summed E-state index contributed by atoms with van der Waals surface area (Å²) >= 11 is 0. The molecule has 2 N–H and O–H groups in total. The van der Waals surface area contributed by atoms with Crippen molar-refractivity contribution < 1.29 is 14.0 Å². The van der Waals surface area contributed by atoms with E-state index in [-0.39, 0.29) is 0 Å². The summed E-state index contributed by atoms with van der Waals surface area (Å²) in [7, 11) is 1.65. The van der Waals surface area contributed by atoms with Crippen molar-refractivity contribution in [3.63, 3.8) is 0 Å². The van der Waals surface area contributed by atoms with Crippen LogP contribution in [-0.2, 0) is 6.42 Å². The van der Waals surface area contributed by atoms with Crippen molar-refractivity contribution in [2.75, 3.05) is 19.5 Å². The monoisotopic (exact) mass is 246 g/mol. The normalized spacial score (nSPS) is 13.2. The fourth-order valence-corrected chi connectivity index (χ4v) is 2.43. The molecule has 5 nitrogen and oxygen atoms in total. The molecule has 0 radical (unpaired) electrons. The highest BCUT2D eigenvalue weighted by molar-refractivity contribution is 5.83. The van der Waals surface area contributed by atoms with E-state index in [1.807, 2.05) is 13.0 Å². The van der Waals surface area contributed by atoms with Crippen LogP contribution in [0.2, 0.25) is 0 Å². The summed E-state index contributed by atoms with van der Waals surface area (Å²) in [6.07, 6.45) is 2.46. The van der Waals surface area contributed by atoms with Crippen LogP contribution in [0.15, 0.2) is 16.8 Å². The number of benzene rings is 1. The number of nitrogens with zero attached hydrogens (tertiary/aromatic N) is 1. The highest BCUT2D eigenvalue weighted by Crippen LogP contribution is 2.45. The SMILES string of the molecule is COc1c(C)cc2c(c1-c1cnoc1N)CCO2. The van der Waals surface area contributed by atoms with E-state index in [1.54, 1.807) is 13.3 Å². The third-order valence-electron chi connectivity index (χ3n) is 3.21. The fourth-order valence-electron chi connectivity index (χ4n) is 2.43. The number of hydrogen-bond donors (Lipinski definition) is 1. The van der Waals surface area contributed by atoms with Crippen molar-refractivity contribution in [2.24, 2.45) is 0 Å². The molecule has 0 spiro atoms. The zero-order chi connectivity index (χ0) is 12.7. The topological polar surface area (TPSA) is 70.5 Å². The summed E-state index contributed by atoms with van der Waals surface area (Å²) < 4.78 is 16.1. The van der Waals surface area contributed by atoms with Crippen LogP contribution in [0.4, 0.5) is 5.88 Å². The molecular formula is C13H14N2O3. The predicted molar refractivity (Wildman–Crippen MR) is 66.8 cm³/mol. The Morgan fingerprint density at radius 3 is 2.94 bits per heavy atom. The molecule has 0 saturated carbocycles. The van der Waals surface area contributed by atoms with Crippen molar-refractivity contribution in [2.45, 2.75) is 13.3 Å². The van der Waals surface area contributed by atoms with E-state index < -0.39 is 0 Å². The highest BCUT2D eigenvalue weighted by atomic mass is 16.5. The van der Waals surface area contributed by atoms with E-state index in [1.165, 1.54) is 0 Å². The fraction of sp³-hybridized carbons (Fsp3) is 0.308. The molecule has 0 aliphatic carbocycles. The van der Waals surface area contributed by atoms with Crippen LogP contribution in [0.5, 0.6) is 11.5 Å². The lowest BCUT2D eigenvalue weighted by atomic mass is 9.96. The molecule has 94 valence electrons. The Morgan fingerprint density at radius 2 is 2.28 bits per heavy atom. The molecule has 1 aliphatic rings. The molecule has 2 aromatic rings. The van der Waals surface area contributed by atoms with Gasteiger partial charge in [0.15, 0.2) is 0 Å². The first-order valence-corrected chi connectivity index (χ1v) is 5.76. The minimum absolute atomic E-state index is 0.299. The molecule has 0 atom stereocenters. The predicted octanol–water partition coefficient (Wildman–Crippen LogP) is 2.18. The minimum atomic E-state index is 0.299. The van der Waals surface area contributed by atoms with Gasteiger partial charge >= 0.3 is 0 Å². The Labute approximate surface area is 104 Å². The van der Waals surface area contributed by atoms with Crippen LogP contribution in [-0.4, -0.2) is 18.9 Å². The van der Waals surface area contributed by atoms with Gasteiger partial charge in [-0.25, -0.2) is 0 Å². The van der Waals surface area contributed by atoms with Crippen LogP contribution in [0, 0.1) is 6.92 Å². The molecule has 2 heterocycles. The number of hydrogen-bond acceptors (Lipinski definition) is 5. The molecule has 0 saturated heterocycles. The van der Waals surface area contributed by atoms with Gasteiger partial charge < -0.3 is 19.7 Å². The number of anilines is 1. The number of aryl methyl sites for hydroxylation is 1. The van der Waals surface area contributed by atoms with Gasteiger partial charge in [0.1, 0.15) is 11.5 Å². The number of nitrogens with two attached hydrogens (primary N) is 1. The molecule has 0 bridgehead atoms. The Kier molecular flexibility index (Phi) is 2.40. The van der Waals surface area contributed by atoms with Gasteiger partial charge in [-0.1, -0.05) is 5.16 Å². The number of rotatable bonds is 2. The second kappa shape index (κ2) is 3.94. The van der Waals surface area contributed by atoms with Crippen molar-refractivity contribution in [1.29, 1.82) is 0 Å². The Bertz CT molecular complexity index is 601. The summed E-state index contributed by atoms with van der Waals surface area (Å²) in [5.74, 6) is 1.99. The number of methoxy groups -OCH3 is 1. The second-order valence-corrected chi connectivity index (χ2v) is 4.28. The van der Waals surface area contributed by atoms with Crippen molar-refractivity contribution >= 4 is 5.88 Å². The lowest BCUT2D eigenvalue weighted by Gasteiger charge is -2.14. The third-order valence-corrected chi connectivity index (χ3v) is 3.21. The largest absolute Gasteiger partial charge is 0.496 e. The molecule has 1 aromatic heterocycles. The van der Waals surface area contributed by atoms with E-state index in [0.717, 1.165) is 40.2 Å². The van der Waals surface area contributed by atoms with E-state index in [4.69, 9.17) is 19.7 Å². The maximum Gasteiger partial charge on any atom is 0.230 e. The molecule has 0 amide bonds. The molecule has 5 heteroatoms. The Morgan fingerprint density at radius 1 is 1.44 bits per heavy atom. The minimum Gasteiger partial charge on any atom is -0.496 e. The second-order valence-electron chi connectivity index (χ2n) is 4.28. The van der Waals surface area contributed by atoms with Gasteiger partial charge in [0.05, 0.1) is 25.5 Å². The summed E-state index contributed by atoms with van der Waals surface area (Å²) in [5, 5.41) is 3.73. The van der Waals surface area contributed by atoms with Gasteiger partial charge in [-0.15, -0.1) is 0 Å². The first-order chi connectivity index (χ1) is 8.72. The van der Waals surface area contributed by atoms with Crippen molar-refractivity contribution in [3.8, 4) is 22.6 Å². The molecule has 1 aliphatic heterocycles. The van der Waals surface area contributed by atoms with Gasteiger partial charge in [0.25, 0.3) is 0 Å². The average molecular weight is 246 g/mol. The van der Waals surface area contributed by atoms with Crippen molar-refractivity contribution in [1.82, 2.24) is 5.16 Å². The summed E-state index contributed by atoms with van der Waals surface area (Å²) in [4.78, 5) is 0. The third kappa shape index (κ3) is 1.44. The lowest BCUT2D eigenvalue weighted by molar-refractivity contribution is 0.356.